The molecule has 6 nitrogen and oxygen atoms in total. The lowest BCUT2D eigenvalue weighted by molar-refractivity contribution is 0.0688. The van der Waals surface area contributed by atoms with E-state index in [1.165, 1.54) is 4.57 Å². The fraction of sp³-hybridized carbons (Fsp3) is 0.238. The minimum Gasteiger partial charge on any atom is -0.478 e. The Kier molecular flexibility index (Phi) is 5.69. The van der Waals surface area contributed by atoms with Crippen molar-refractivity contribution in [3.05, 3.63) is 76.2 Å². The maximum atomic E-state index is 13.2. The summed E-state index contributed by atoms with van der Waals surface area (Å²) in [5, 5.41) is 20.4. The first-order valence-corrected chi connectivity index (χ1v) is 8.87. The number of carboxylic acids is 1. The predicted molar refractivity (Wildman–Crippen MR) is 104 cm³/mol. The number of fused-ring (bicyclic) bond motifs is 1. The molecule has 0 aliphatic rings. The van der Waals surface area contributed by atoms with Crippen LogP contribution in [-0.2, 0) is 6.54 Å². The number of aliphatic hydroxyl groups is 1. The Morgan fingerprint density at radius 1 is 1.04 bits per heavy atom. The second-order valence-electron chi connectivity index (χ2n) is 6.34. The van der Waals surface area contributed by atoms with Gasteiger partial charge in [0.1, 0.15) is 0 Å². The maximum absolute atomic E-state index is 13.2. The van der Waals surface area contributed by atoms with E-state index in [-0.39, 0.29) is 24.4 Å². The zero-order valence-corrected chi connectivity index (χ0v) is 15.1. The van der Waals surface area contributed by atoms with Crippen molar-refractivity contribution in [2.45, 2.75) is 19.9 Å². The minimum absolute atomic E-state index is 0.0867. The number of nitrogens with zero attached hydrogens (tertiary/aromatic N) is 2. The lowest BCUT2D eigenvalue weighted by Crippen LogP contribution is -2.32. The molecule has 27 heavy (non-hydrogen) atoms. The van der Waals surface area contributed by atoms with E-state index in [1.807, 2.05) is 13.0 Å². The second-order valence-corrected chi connectivity index (χ2v) is 6.34. The number of hydrogen-bond donors (Lipinski definition) is 2. The van der Waals surface area contributed by atoms with Crippen molar-refractivity contribution in [2.75, 3.05) is 13.3 Å². The molecular weight excluding hydrogens is 344 g/mol. The van der Waals surface area contributed by atoms with Gasteiger partial charge in [0.15, 0.2) is 0 Å². The summed E-state index contributed by atoms with van der Waals surface area (Å²) in [5.74, 6) is -1.10. The first-order chi connectivity index (χ1) is 13.1. The van der Waals surface area contributed by atoms with E-state index in [9.17, 15) is 19.8 Å². The van der Waals surface area contributed by atoms with E-state index >= 15 is 0 Å². The Morgan fingerprint density at radius 2 is 1.67 bits per heavy atom. The molecule has 2 N–H and O–H groups in total. The van der Waals surface area contributed by atoms with Gasteiger partial charge in [-0.25, -0.2) is 4.79 Å². The zero-order valence-electron chi connectivity index (χ0n) is 15.1. The lowest BCUT2D eigenvalue weighted by Gasteiger charge is -2.24. The molecule has 0 saturated heterocycles. The quantitative estimate of drug-likeness (QED) is 0.628. The van der Waals surface area contributed by atoms with Gasteiger partial charge in [0.05, 0.1) is 18.0 Å². The van der Waals surface area contributed by atoms with Crippen LogP contribution in [-0.4, -0.2) is 38.9 Å². The number of aromatic carboxylic acids is 1. The molecule has 3 rings (SSSR count). The van der Waals surface area contributed by atoms with Gasteiger partial charge in [-0.05, 0) is 24.6 Å². The Morgan fingerprint density at radius 3 is 2.26 bits per heavy atom. The van der Waals surface area contributed by atoms with Gasteiger partial charge in [-0.3, -0.25) is 14.3 Å². The lowest BCUT2D eigenvalue weighted by atomic mass is 10.0. The van der Waals surface area contributed by atoms with Gasteiger partial charge >= 0.3 is 5.97 Å². The smallest absolute Gasteiger partial charge is 0.338 e. The van der Waals surface area contributed by atoms with E-state index < -0.39 is 5.97 Å². The number of benzene rings is 2. The molecule has 1 heterocycles. The second kappa shape index (κ2) is 8.16. The van der Waals surface area contributed by atoms with Crippen molar-refractivity contribution in [1.29, 1.82) is 0 Å². The number of carbonyl (C=O) groups is 1. The van der Waals surface area contributed by atoms with E-state index in [1.54, 1.807) is 53.4 Å². The molecule has 2 aromatic carbocycles. The Bertz CT molecular complexity index is 1010. The van der Waals surface area contributed by atoms with E-state index in [0.717, 1.165) is 6.42 Å². The molecule has 0 amide bonds. The molecule has 1 aromatic heterocycles. The third-order valence-electron chi connectivity index (χ3n) is 4.53. The summed E-state index contributed by atoms with van der Waals surface area (Å²) in [6.45, 7) is 2.50. The highest BCUT2D eigenvalue weighted by molar-refractivity contribution is 6.04. The molecule has 0 unspecified atom stereocenters. The van der Waals surface area contributed by atoms with Crippen molar-refractivity contribution in [1.82, 2.24) is 9.47 Å². The number of pyridine rings is 1. The van der Waals surface area contributed by atoms with Gasteiger partial charge in [-0.2, -0.15) is 0 Å². The van der Waals surface area contributed by atoms with E-state index in [2.05, 4.69) is 0 Å². The van der Waals surface area contributed by atoms with Gasteiger partial charge < -0.3 is 10.2 Å². The van der Waals surface area contributed by atoms with Crippen molar-refractivity contribution in [3.63, 3.8) is 0 Å². The van der Waals surface area contributed by atoms with Gasteiger partial charge in [0, 0.05) is 29.5 Å². The molecule has 3 aromatic rings. The molecule has 140 valence electrons. The monoisotopic (exact) mass is 366 g/mol. The predicted octanol–water partition coefficient (Wildman–Crippen LogP) is 2.85. The van der Waals surface area contributed by atoms with E-state index in [4.69, 9.17) is 0 Å². The molecule has 0 radical (unpaired) electrons. The molecule has 0 spiro atoms. The van der Waals surface area contributed by atoms with Crippen LogP contribution in [0.2, 0.25) is 0 Å². The van der Waals surface area contributed by atoms with Gasteiger partial charge in [0.25, 0.3) is 5.56 Å². The molecule has 0 aliphatic heterocycles. The van der Waals surface area contributed by atoms with Crippen LogP contribution >= 0.6 is 0 Å². The summed E-state index contributed by atoms with van der Waals surface area (Å²) < 4.78 is 1.45. The number of aliphatic hydroxyl groups excluding tert-OH is 1. The standard InChI is InChI=1S/C21H22N2O4/c1-2-12-22(14-24)13-18-19(21(26)27)16-10-6-7-11-17(16)20(25)23(18)15-8-4-3-5-9-15/h3-11,24H,2,12-14H2,1H3,(H,26,27). The topological polar surface area (TPSA) is 82.8 Å². The van der Waals surface area contributed by atoms with Crippen LogP contribution in [0.4, 0.5) is 0 Å². The number of rotatable bonds is 7. The molecule has 6 heteroatoms. The zero-order chi connectivity index (χ0) is 19.4. The number of aromatic nitrogens is 1. The van der Waals surface area contributed by atoms with Crippen molar-refractivity contribution in [3.8, 4) is 5.69 Å². The fourth-order valence-electron chi connectivity index (χ4n) is 3.36. The average Bonchev–Trinajstić information content (AvgIpc) is 2.68. The normalized spacial score (nSPS) is 11.2. The summed E-state index contributed by atoms with van der Waals surface area (Å²) in [6.07, 6.45) is 0.798. The maximum Gasteiger partial charge on any atom is 0.338 e. The van der Waals surface area contributed by atoms with Crippen LogP contribution in [0.5, 0.6) is 0 Å². The number of hydrogen-bond acceptors (Lipinski definition) is 4. The minimum atomic E-state index is -1.10. The third-order valence-corrected chi connectivity index (χ3v) is 4.53. The van der Waals surface area contributed by atoms with Gasteiger partial charge in [-0.15, -0.1) is 0 Å². The molecule has 0 saturated carbocycles. The van der Waals surface area contributed by atoms with Gasteiger partial charge in [-0.1, -0.05) is 43.3 Å². The van der Waals surface area contributed by atoms with Crippen LogP contribution in [0.25, 0.3) is 16.5 Å². The fourth-order valence-corrected chi connectivity index (χ4v) is 3.36. The molecule has 0 aliphatic carbocycles. The molecular formula is C21H22N2O4. The van der Waals surface area contributed by atoms with E-state index in [0.29, 0.717) is 28.7 Å². The first-order valence-electron chi connectivity index (χ1n) is 8.87. The van der Waals surface area contributed by atoms with Crippen LogP contribution in [0, 0.1) is 0 Å². The summed E-state index contributed by atoms with van der Waals surface area (Å²) >= 11 is 0. The van der Waals surface area contributed by atoms with Crippen LogP contribution in [0.1, 0.15) is 29.4 Å². The highest BCUT2D eigenvalue weighted by Crippen LogP contribution is 2.24. The van der Waals surface area contributed by atoms with Crippen molar-refractivity contribution in [2.24, 2.45) is 0 Å². The highest BCUT2D eigenvalue weighted by atomic mass is 16.4. The first kappa shape index (κ1) is 18.8. The van der Waals surface area contributed by atoms with Crippen LogP contribution in [0.15, 0.2) is 59.4 Å². The highest BCUT2D eigenvalue weighted by Gasteiger charge is 2.23. The number of carboxylic acid groups (broad SMARTS) is 1. The largest absolute Gasteiger partial charge is 0.478 e. The summed E-state index contributed by atoms with van der Waals surface area (Å²) in [4.78, 5) is 27.1. The Hall–Kier alpha value is -2.96. The van der Waals surface area contributed by atoms with Crippen molar-refractivity contribution >= 4 is 16.7 Å². The molecule has 0 bridgehead atoms. The summed E-state index contributed by atoms with van der Waals surface area (Å²) in [6, 6.07) is 15.7. The summed E-state index contributed by atoms with van der Waals surface area (Å²) in [7, 11) is 0. The summed E-state index contributed by atoms with van der Waals surface area (Å²) in [5.41, 5.74) is 0.773. The molecule has 0 atom stereocenters. The van der Waals surface area contributed by atoms with Gasteiger partial charge in [0.2, 0.25) is 0 Å². The SMILES string of the molecule is CCCN(CO)Cc1c(C(=O)O)c2ccccc2c(=O)n1-c1ccccc1. The Labute approximate surface area is 156 Å². The Balaban J connectivity index is 2.39. The van der Waals surface area contributed by atoms with Crippen LogP contribution < -0.4 is 5.56 Å². The third kappa shape index (κ3) is 3.63. The molecule has 0 fully saturated rings. The average molecular weight is 366 g/mol. The van der Waals surface area contributed by atoms with Crippen LogP contribution in [0.3, 0.4) is 0 Å². The van der Waals surface area contributed by atoms with Crippen molar-refractivity contribution < 1.29 is 15.0 Å². The number of para-hydroxylation sites is 1.